The van der Waals surface area contributed by atoms with Crippen LogP contribution in [0.25, 0.3) is 0 Å². The maximum absolute atomic E-state index is 12.3. The Morgan fingerprint density at radius 2 is 2.12 bits per heavy atom. The summed E-state index contributed by atoms with van der Waals surface area (Å²) in [7, 11) is 0. The largest absolute Gasteiger partial charge is 0.377 e. The standard InChI is InChI=1S/C14H27NO2/c1-5-7-12(4)14(16)15-9-6-8-13(15)10-17-11(2)3/h11-13H,5-10H2,1-4H3. The summed E-state index contributed by atoms with van der Waals surface area (Å²) < 4.78 is 5.65. The molecule has 0 bridgehead atoms. The Morgan fingerprint density at radius 1 is 1.41 bits per heavy atom. The molecule has 0 radical (unpaired) electrons. The summed E-state index contributed by atoms with van der Waals surface area (Å²) in [6.07, 6.45) is 4.54. The Bertz CT molecular complexity index is 240. The van der Waals surface area contributed by atoms with Crippen LogP contribution in [0.3, 0.4) is 0 Å². The van der Waals surface area contributed by atoms with E-state index in [4.69, 9.17) is 4.74 Å². The van der Waals surface area contributed by atoms with Crippen molar-refractivity contribution >= 4 is 5.91 Å². The average molecular weight is 241 g/mol. The number of carbonyl (C=O) groups is 1. The van der Waals surface area contributed by atoms with Gasteiger partial charge in [0.05, 0.1) is 18.8 Å². The van der Waals surface area contributed by atoms with Crippen LogP contribution in [0.4, 0.5) is 0 Å². The van der Waals surface area contributed by atoms with Crippen LogP contribution in [0, 0.1) is 5.92 Å². The van der Waals surface area contributed by atoms with E-state index in [0.29, 0.717) is 18.6 Å². The van der Waals surface area contributed by atoms with Gasteiger partial charge in [-0.1, -0.05) is 20.3 Å². The fraction of sp³-hybridized carbons (Fsp3) is 0.929. The molecule has 2 atom stereocenters. The van der Waals surface area contributed by atoms with Gasteiger partial charge in [0.1, 0.15) is 0 Å². The van der Waals surface area contributed by atoms with Crippen LogP contribution in [0.1, 0.15) is 53.4 Å². The summed E-state index contributed by atoms with van der Waals surface area (Å²) in [5.74, 6) is 0.487. The molecular formula is C14H27NO2. The van der Waals surface area contributed by atoms with Gasteiger partial charge in [-0.3, -0.25) is 4.79 Å². The minimum Gasteiger partial charge on any atom is -0.377 e. The summed E-state index contributed by atoms with van der Waals surface area (Å²) in [5, 5.41) is 0. The second-order valence-electron chi connectivity index (χ2n) is 5.40. The number of hydrogen-bond acceptors (Lipinski definition) is 2. The van der Waals surface area contributed by atoms with E-state index >= 15 is 0 Å². The van der Waals surface area contributed by atoms with Crippen molar-refractivity contribution < 1.29 is 9.53 Å². The van der Waals surface area contributed by atoms with Crippen molar-refractivity contribution in [2.24, 2.45) is 5.92 Å². The quantitative estimate of drug-likeness (QED) is 0.715. The average Bonchev–Trinajstić information content (AvgIpc) is 2.73. The first-order valence-electron chi connectivity index (χ1n) is 6.98. The fourth-order valence-electron chi connectivity index (χ4n) is 2.44. The highest BCUT2D eigenvalue weighted by Crippen LogP contribution is 2.22. The third kappa shape index (κ3) is 4.30. The summed E-state index contributed by atoms with van der Waals surface area (Å²) in [6, 6.07) is 0.309. The van der Waals surface area contributed by atoms with Gasteiger partial charge in [0.25, 0.3) is 0 Å². The zero-order valence-electron chi connectivity index (χ0n) is 11.7. The van der Waals surface area contributed by atoms with Crippen molar-refractivity contribution in [3.63, 3.8) is 0 Å². The second-order valence-corrected chi connectivity index (χ2v) is 5.40. The zero-order valence-corrected chi connectivity index (χ0v) is 11.7. The summed E-state index contributed by atoms with van der Waals surface area (Å²) in [5.41, 5.74) is 0. The van der Waals surface area contributed by atoms with E-state index in [1.54, 1.807) is 0 Å². The Hall–Kier alpha value is -0.570. The van der Waals surface area contributed by atoms with Gasteiger partial charge in [0.15, 0.2) is 0 Å². The molecule has 1 saturated heterocycles. The summed E-state index contributed by atoms with van der Waals surface area (Å²) in [4.78, 5) is 14.3. The Labute approximate surface area is 106 Å². The van der Waals surface area contributed by atoms with Gasteiger partial charge in [-0.2, -0.15) is 0 Å². The SMILES string of the molecule is CCCC(C)C(=O)N1CCCC1COC(C)C. The van der Waals surface area contributed by atoms with E-state index < -0.39 is 0 Å². The number of rotatable bonds is 6. The normalized spacial score (nSPS) is 22.2. The molecule has 0 N–H and O–H groups in total. The maximum atomic E-state index is 12.3. The molecular weight excluding hydrogens is 214 g/mol. The van der Waals surface area contributed by atoms with Gasteiger partial charge >= 0.3 is 0 Å². The molecule has 0 aromatic carbocycles. The van der Waals surface area contributed by atoms with Crippen LogP contribution in [-0.4, -0.2) is 36.1 Å². The first-order chi connectivity index (χ1) is 8.06. The van der Waals surface area contributed by atoms with Crippen molar-refractivity contribution in [3.05, 3.63) is 0 Å². The molecule has 0 aliphatic carbocycles. The van der Waals surface area contributed by atoms with Crippen molar-refractivity contribution in [1.82, 2.24) is 4.90 Å². The van der Waals surface area contributed by atoms with E-state index in [1.807, 2.05) is 25.7 Å². The van der Waals surface area contributed by atoms with Crippen LogP contribution >= 0.6 is 0 Å². The van der Waals surface area contributed by atoms with Crippen molar-refractivity contribution in [1.29, 1.82) is 0 Å². The number of hydrogen-bond donors (Lipinski definition) is 0. The second kappa shape index (κ2) is 7.00. The Balaban J connectivity index is 2.47. The van der Waals surface area contributed by atoms with Crippen LogP contribution in [0.5, 0.6) is 0 Å². The van der Waals surface area contributed by atoms with E-state index in [0.717, 1.165) is 32.2 Å². The van der Waals surface area contributed by atoms with Gasteiger partial charge < -0.3 is 9.64 Å². The molecule has 1 rings (SSSR count). The first kappa shape index (κ1) is 14.5. The third-order valence-corrected chi connectivity index (χ3v) is 3.43. The van der Waals surface area contributed by atoms with Gasteiger partial charge in [0, 0.05) is 12.5 Å². The molecule has 1 heterocycles. The van der Waals surface area contributed by atoms with Crippen LogP contribution in [0.15, 0.2) is 0 Å². The molecule has 100 valence electrons. The van der Waals surface area contributed by atoms with Gasteiger partial charge in [0.2, 0.25) is 5.91 Å². The molecule has 1 amide bonds. The zero-order chi connectivity index (χ0) is 12.8. The van der Waals surface area contributed by atoms with E-state index in [9.17, 15) is 4.79 Å². The molecule has 3 nitrogen and oxygen atoms in total. The van der Waals surface area contributed by atoms with Crippen LogP contribution < -0.4 is 0 Å². The van der Waals surface area contributed by atoms with Gasteiger partial charge in [-0.25, -0.2) is 0 Å². The minimum atomic E-state index is 0.166. The molecule has 3 heteroatoms. The lowest BCUT2D eigenvalue weighted by Gasteiger charge is -2.28. The van der Waals surface area contributed by atoms with E-state index in [1.165, 1.54) is 0 Å². The number of ether oxygens (including phenoxy) is 1. The molecule has 1 aliphatic heterocycles. The summed E-state index contributed by atoms with van der Waals surface area (Å²) in [6.45, 7) is 9.88. The fourth-order valence-corrected chi connectivity index (χ4v) is 2.44. The topological polar surface area (TPSA) is 29.5 Å². The molecule has 1 aliphatic rings. The third-order valence-electron chi connectivity index (χ3n) is 3.43. The lowest BCUT2D eigenvalue weighted by atomic mass is 10.0. The first-order valence-corrected chi connectivity index (χ1v) is 6.98. The molecule has 1 fully saturated rings. The van der Waals surface area contributed by atoms with E-state index in [2.05, 4.69) is 6.92 Å². The van der Waals surface area contributed by atoms with Crippen LogP contribution in [0.2, 0.25) is 0 Å². The number of amides is 1. The highest BCUT2D eigenvalue weighted by molar-refractivity contribution is 5.79. The Morgan fingerprint density at radius 3 is 2.71 bits per heavy atom. The van der Waals surface area contributed by atoms with E-state index in [-0.39, 0.29) is 12.0 Å². The number of nitrogens with zero attached hydrogens (tertiary/aromatic N) is 1. The smallest absolute Gasteiger partial charge is 0.225 e. The molecule has 0 aromatic heterocycles. The number of carbonyl (C=O) groups excluding carboxylic acids is 1. The molecule has 0 saturated carbocycles. The van der Waals surface area contributed by atoms with Crippen molar-refractivity contribution in [3.8, 4) is 0 Å². The Kier molecular flexibility index (Phi) is 5.96. The lowest BCUT2D eigenvalue weighted by molar-refractivity contribution is -0.137. The highest BCUT2D eigenvalue weighted by Gasteiger charge is 2.31. The minimum absolute atomic E-state index is 0.166. The van der Waals surface area contributed by atoms with Crippen molar-refractivity contribution in [2.45, 2.75) is 65.5 Å². The van der Waals surface area contributed by atoms with Gasteiger partial charge in [-0.15, -0.1) is 0 Å². The predicted molar refractivity (Wildman–Crippen MR) is 69.9 cm³/mol. The molecule has 0 spiro atoms. The molecule has 2 unspecified atom stereocenters. The lowest BCUT2D eigenvalue weighted by Crippen LogP contribution is -2.41. The molecule has 17 heavy (non-hydrogen) atoms. The monoisotopic (exact) mass is 241 g/mol. The van der Waals surface area contributed by atoms with Crippen molar-refractivity contribution in [2.75, 3.05) is 13.2 Å². The number of likely N-dealkylation sites (tertiary alicyclic amines) is 1. The maximum Gasteiger partial charge on any atom is 0.225 e. The predicted octanol–water partition coefficient (Wildman–Crippen LogP) is 2.84. The summed E-state index contributed by atoms with van der Waals surface area (Å²) >= 11 is 0. The molecule has 0 aromatic rings. The highest BCUT2D eigenvalue weighted by atomic mass is 16.5. The van der Waals surface area contributed by atoms with Crippen LogP contribution in [-0.2, 0) is 9.53 Å². The van der Waals surface area contributed by atoms with Gasteiger partial charge in [-0.05, 0) is 33.1 Å².